The molecule has 0 unspecified atom stereocenters. The van der Waals surface area contributed by atoms with Gasteiger partial charge in [0.2, 0.25) is 5.95 Å². The Kier molecular flexibility index (Phi) is 4.97. The number of hydrogen-bond donors (Lipinski definition) is 2. The molecule has 1 aromatic heterocycles. The van der Waals surface area contributed by atoms with Gasteiger partial charge in [0.1, 0.15) is 7.11 Å². The molecule has 0 amide bonds. The molecule has 2 heterocycles. The van der Waals surface area contributed by atoms with Crippen LogP contribution in [0.2, 0.25) is 0 Å². The van der Waals surface area contributed by atoms with Crippen LogP contribution in [-0.2, 0) is 13.0 Å². The van der Waals surface area contributed by atoms with Gasteiger partial charge in [-0.05, 0) is 12.3 Å². The van der Waals surface area contributed by atoms with Crippen molar-refractivity contribution in [1.82, 2.24) is 15.0 Å². The van der Waals surface area contributed by atoms with Crippen LogP contribution in [0.15, 0.2) is 4.79 Å². The van der Waals surface area contributed by atoms with E-state index in [-0.39, 0.29) is 5.56 Å². The zero-order chi connectivity index (χ0) is 15.4. The molecular formula is C16H26N4O2. The predicted molar refractivity (Wildman–Crippen MR) is 86.1 cm³/mol. The minimum Gasteiger partial charge on any atom is -0.411 e. The van der Waals surface area contributed by atoms with Gasteiger partial charge >= 0.3 is 0 Å². The molecule has 0 spiro atoms. The molecule has 2 N–H and O–H groups in total. The fraction of sp³-hybridized carbons (Fsp3) is 0.750. The van der Waals surface area contributed by atoms with Crippen molar-refractivity contribution in [3.05, 3.63) is 21.6 Å². The van der Waals surface area contributed by atoms with E-state index in [1.807, 2.05) is 0 Å². The molecule has 6 heteroatoms. The third kappa shape index (κ3) is 3.27. The number of aromatic nitrogens is 2. The first kappa shape index (κ1) is 15.3. The van der Waals surface area contributed by atoms with Crippen molar-refractivity contribution >= 4 is 5.95 Å². The van der Waals surface area contributed by atoms with Gasteiger partial charge in [0.25, 0.3) is 5.56 Å². The van der Waals surface area contributed by atoms with Crippen LogP contribution >= 0.6 is 0 Å². The lowest BCUT2D eigenvalue weighted by atomic mass is 9.87. The van der Waals surface area contributed by atoms with E-state index in [0.717, 1.165) is 43.1 Å². The minimum absolute atomic E-state index is 0.0973. The first-order valence-corrected chi connectivity index (χ1v) is 8.43. The molecule has 0 bridgehead atoms. The Balaban J connectivity index is 1.69. The van der Waals surface area contributed by atoms with E-state index >= 15 is 0 Å². The maximum Gasteiger partial charge on any atom is 0.292 e. The van der Waals surface area contributed by atoms with Crippen molar-refractivity contribution in [1.29, 1.82) is 0 Å². The van der Waals surface area contributed by atoms with Gasteiger partial charge in [-0.2, -0.15) is 0 Å². The van der Waals surface area contributed by atoms with Gasteiger partial charge in [0.15, 0.2) is 0 Å². The summed E-state index contributed by atoms with van der Waals surface area (Å²) in [5, 5.41) is 6.52. The maximum atomic E-state index is 12.4. The van der Waals surface area contributed by atoms with E-state index in [4.69, 9.17) is 4.84 Å². The van der Waals surface area contributed by atoms with E-state index in [0.29, 0.717) is 12.5 Å². The smallest absolute Gasteiger partial charge is 0.292 e. The quantitative estimate of drug-likeness (QED) is 0.859. The summed E-state index contributed by atoms with van der Waals surface area (Å²) in [6, 6.07) is 0. The van der Waals surface area contributed by atoms with Crippen LogP contribution in [0.3, 0.4) is 0 Å². The van der Waals surface area contributed by atoms with Crippen LogP contribution < -0.4 is 21.0 Å². The SMILES string of the molecule is COn1c(NCCC2CCCCC2)nc2c(c1=O)CNCC2. The summed E-state index contributed by atoms with van der Waals surface area (Å²) in [6.07, 6.45) is 8.71. The summed E-state index contributed by atoms with van der Waals surface area (Å²) in [5.74, 6) is 1.36. The first-order chi connectivity index (χ1) is 10.8. The molecule has 0 aromatic carbocycles. The molecule has 1 aliphatic heterocycles. The molecule has 0 saturated heterocycles. The number of nitrogens with one attached hydrogen (secondary N) is 2. The summed E-state index contributed by atoms with van der Waals surface area (Å²) in [4.78, 5) is 22.3. The summed E-state index contributed by atoms with van der Waals surface area (Å²) >= 11 is 0. The standard InChI is InChI=1S/C16H26N4O2/c1-22-20-15(21)13-11-17-9-8-14(13)19-16(20)18-10-7-12-5-3-2-4-6-12/h12,17H,2-11H2,1H3,(H,18,19). The van der Waals surface area contributed by atoms with Crippen LogP contribution in [0.25, 0.3) is 0 Å². The highest BCUT2D eigenvalue weighted by Crippen LogP contribution is 2.26. The van der Waals surface area contributed by atoms with E-state index < -0.39 is 0 Å². The van der Waals surface area contributed by atoms with Gasteiger partial charge in [-0.3, -0.25) is 4.79 Å². The Morgan fingerprint density at radius 1 is 1.36 bits per heavy atom. The van der Waals surface area contributed by atoms with Crippen LogP contribution in [0.4, 0.5) is 5.95 Å². The van der Waals surface area contributed by atoms with Gasteiger partial charge in [0, 0.05) is 26.1 Å². The summed E-state index contributed by atoms with van der Waals surface area (Å²) in [7, 11) is 1.51. The van der Waals surface area contributed by atoms with E-state index in [1.54, 1.807) is 0 Å². The molecule has 1 fully saturated rings. The predicted octanol–water partition coefficient (Wildman–Crippen LogP) is 1.33. The number of nitrogens with zero attached hydrogens (tertiary/aromatic N) is 2. The fourth-order valence-electron chi connectivity index (χ4n) is 3.53. The monoisotopic (exact) mass is 306 g/mol. The van der Waals surface area contributed by atoms with Crippen molar-refractivity contribution in [2.45, 2.75) is 51.5 Å². The molecule has 122 valence electrons. The second kappa shape index (κ2) is 7.13. The summed E-state index contributed by atoms with van der Waals surface area (Å²) in [6.45, 7) is 2.29. The first-order valence-electron chi connectivity index (χ1n) is 8.43. The van der Waals surface area contributed by atoms with Crippen molar-refractivity contribution in [2.24, 2.45) is 5.92 Å². The molecule has 6 nitrogen and oxygen atoms in total. The van der Waals surface area contributed by atoms with Crippen molar-refractivity contribution < 1.29 is 4.84 Å². The number of hydrogen-bond acceptors (Lipinski definition) is 5. The Morgan fingerprint density at radius 2 is 2.18 bits per heavy atom. The van der Waals surface area contributed by atoms with Crippen LogP contribution in [-0.4, -0.2) is 29.9 Å². The lowest BCUT2D eigenvalue weighted by molar-refractivity contribution is 0.157. The zero-order valence-electron chi connectivity index (χ0n) is 13.4. The van der Waals surface area contributed by atoms with Crippen LogP contribution in [0, 0.1) is 5.92 Å². The Hall–Kier alpha value is -1.56. The number of fused-ring (bicyclic) bond motifs is 1. The molecule has 0 radical (unpaired) electrons. The van der Waals surface area contributed by atoms with Gasteiger partial charge < -0.3 is 15.5 Å². The second-order valence-corrected chi connectivity index (χ2v) is 6.29. The molecule has 1 saturated carbocycles. The molecular weight excluding hydrogens is 280 g/mol. The van der Waals surface area contributed by atoms with Crippen molar-refractivity contribution in [3.63, 3.8) is 0 Å². The second-order valence-electron chi connectivity index (χ2n) is 6.29. The number of anilines is 1. The normalized spacial score (nSPS) is 18.8. The van der Waals surface area contributed by atoms with Gasteiger partial charge in [-0.15, -0.1) is 4.73 Å². The van der Waals surface area contributed by atoms with E-state index in [1.165, 1.54) is 43.9 Å². The highest BCUT2D eigenvalue weighted by molar-refractivity contribution is 5.32. The van der Waals surface area contributed by atoms with E-state index in [2.05, 4.69) is 15.6 Å². The Morgan fingerprint density at radius 3 is 2.95 bits per heavy atom. The largest absolute Gasteiger partial charge is 0.411 e. The fourth-order valence-corrected chi connectivity index (χ4v) is 3.53. The minimum atomic E-state index is -0.0973. The topological polar surface area (TPSA) is 68.2 Å². The van der Waals surface area contributed by atoms with Crippen LogP contribution in [0.5, 0.6) is 0 Å². The lowest BCUT2D eigenvalue weighted by Crippen LogP contribution is -2.38. The summed E-state index contributed by atoms with van der Waals surface area (Å²) < 4.78 is 1.28. The molecule has 3 rings (SSSR count). The van der Waals surface area contributed by atoms with Gasteiger partial charge in [-0.1, -0.05) is 32.1 Å². The summed E-state index contributed by atoms with van der Waals surface area (Å²) in [5.41, 5.74) is 1.53. The number of rotatable bonds is 5. The van der Waals surface area contributed by atoms with Gasteiger partial charge in [-0.25, -0.2) is 4.98 Å². The van der Waals surface area contributed by atoms with Crippen LogP contribution in [0.1, 0.15) is 49.8 Å². The molecule has 0 atom stereocenters. The Labute approximate surface area is 131 Å². The van der Waals surface area contributed by atoms with Crippen molar-refractivity contribution in [3.8, 4) is 0 Å². The average Bonchev–Trinajstić information content (AvgIpc) is 2.56. The molecule has 22 heavy (non-hydrogen) atoms. The molecule has 2 aliphatic rings. The molecule has 1 aromatic rings. The third-order valence-electron chi connectivity index (χ3n) is 4.81. The average molecular weight is 306 g/mol. The zero-order valence-corrected chi connectivity index (χ0v) is 13.4. The maximum absolute atomic E-state index is 12.4. The van der Waals surface area contributed by atoms with Gasteiger partial charge in [0.05, 0.1) is 11.3 Å². The van der Waals surface area contributed by atoms with Crippen molar-refractivity contribution in [2.75, 3.05) is 25.5 Å². The highest BCUT2D eigenvalue weighted by atomic mass is 16.7. The van der Waals surface area contributed by atoms with E-state index in [9.17, 15) is 4.79 Å². The Bertz CT molecular complexity index is 564. The third-order valence-corrected chi connectivity index (χ3v) is 4.81. The molecule has 1 aliphatic carbocycles. The highest BCUT2D eigenvalue weighted by Gasteiger charge is 2.20. The lowest BCUT2D eigenvalue weighted by Gasteiger charge is -2.23.